The fourth-order valence-corrected chi connectivity index (χ4v) is 11.1. The zero-order valence-corrected chi connectivity index (χ0v) is 26.9. The third kappa shape index (κ3) is 4.27. The average Bonchev–Trinajstić information content (AvgIpc) is 3.15. The number of carbonyl (C=O) groups excluding carboxylic acids is 4. The van der Waals surface area contributed by atoms with Crippen molar-refractivity contribution in [3.8, 4) is 0 Å². The summed E-state index contributed by atoms with van der Waals surface area (Å²) >= 11 is 7.97. The van der Waals surface area contributed by atoms with Crippen LogP contribution in [0.2, 0.25) is 0 Å². The number of allylic oxidation sites excluding steroid dienone is 4. The minimum atomic E-state index is -1.64. The number of ether oxygens (including phenoxy) is 2. The van der Waals surface area contributed by atoms with Gasteiger partial charge in [-0.3, -0.25) is 14.4 Å². The Morgan fingerprint density at radius 3 is 2.49 bits per heavy atom. The number of rotatable bonds is 6. The van der Waals surface area contributed by atoms with Gasteiger partial charge in [0.2, 0.25) is 5.78 Å². The SMILES string of the molecule is CCC(=O)OCC(=O)[C@]1(OC(=O)c2ccccc2)[C@H](C)C[C@H]2[C@@H]3[C@H](Br)CC4=CC(=O)C=C[C@]4(C)[C@@]3(Br)[C@@H](O)C[C@@]21C. The summed E-state index contributed by atoms with van der Waals surface area (Å²) in [5.74, 6) is -2.48. The van der Waals surface area contributed by atoms with Crippen molar-refractivity contribution in [3.63, 3.8) is 0 Å². The van der Waals surface area contributed by atoms with E-state index in [1.165, 1.54) is 0 Å². The van der Waals surface area contributed by atoms with Gasteiger partial charge in [0.15, 0.2) is 18.0 Å². The monoisotopic (exact) mass is 690 g/mol. The number of aliphatic hydroxyl groups is 1. The maximum atomic E-state index is 14.3. The van der Waals surface area contributed by atoms with E-state index >= 15 is 0 Å². The van der Waals surface area contributed by atoms with Crippen molar-refractivity contribution in [3.05, 3.63) is 59.7 Å². The molecule has 9 heteroatoms. The van der Waals surface area contributed by atoms with Crippen molar-refractivity contribution >= 4 is 55.4 Å². The van der Waals surface area contributed by atoms with Crippen molar-refractivity contribution in [2.75, 3.05) is 6.61 Å². The number of alkyl halides is 2. The van der Waals surface area contributed by atoms with Gasteiger partial charge >= 0.3 is 11.9 Å². The topological polar surface area (TPSA) is 107 Å². The molecule has 0 spiro atoms. The van der Waals surface area contributed by atoms with E-state index in [1.54, 1.807) is 49.4 Å². The van der Waals surface area contributed by atoms with Crippen molar-refractivity contribution in [2.24, 2.45) is 28.6 Å². The number of hydrogen-bond acceptors (Lipinski definition) is 7. The molecular weight excluding hydrogens is 656 g/mol. The number of fused-ring (bicyclic) bond motifs is 5. The van der Waals surface area contributed by atoms with Crippen LogP contribution in [0.4, 0.5) is 0 Å². The van der Waals surface area contributed by atoms with Crippen molar-refractivity contribution in [1.82, 2.24) is 0 Å². The third-order valence-corrected chi connectivity index (χ3v) is 13.3. The number of hydrogen-bond donors (Lipinski definition) is 1. The largest absolute Gasteiger partial charge is 0.457 e. The van der Waals surface area contributed by atoms with Gasteiger partial charge < -0.3 is 14.6 Å². The molecule has 3 fully saturated rings. The van der Waals surface area contributed by atoms with Crippen molar-refractivity contribution in [2.45, 2.75) is 74.2 Å². The van der Waals surface area contributed by atoms with Crippen LogP contribution in [-0.2, 0) is 23.9 Å². The van der Waals surface area contributed by atoms with E-state index in [2.05, 4.69) is 31.9 Å². The van der Waals surface area contributed by atoms with Crippen LogP contribution in [0, 0.1) is 28.6 Å². The number of Topliss-reactive ketones (excluding diaryl/α,β-unsaturated/α-hetero) is 1. The minimum Gasteiger partial charge on any atom is -0.457 e. The second-order valence-electron chi connectivity index (χ2n) is 12.4. The summed E-state index contributed by atoms with van der Waals surface area (Å²) in [6.07, 6.45) is 5.58. The molecule has 1 aromatic carbocycles. The average molecular weight is 692 g/mol. The Bertz CT molecular complexity index is 1340. The molecule has 1 aromatic rings. The molecule has 1 N–H and O–H groups in total. The van der Waals surface area contributed by atoms with Crippen LogP contribution in [0.1, 0.15) is 63.7 Å². The molecule has 4 aliphatic rings. The van der Waals surface area contributed by atoms with Gasteiger partial charge in [0.1, 0.15) is 0 Å². The second-order valence-corrected chi connectivity index (χ2v) is 14.9. The highest BCUT2D eigenvalue weighted by atomic mass is 79.9. The van der Waals surface area contributed by atoms with Crippen LogP contribution < -0.4 is 0 Å². The molecule has 0 unspecified atom stereocenters. The first-order valence-corrected chi connectivity index (χ1v) is 15.9. The van der Waals surface area contributed by atoms with E-state index in [0.717, 1.165) is 5.57 Å². The van der Waals surface area contributed by atoms with E-state index in [9.17, 15) is 24.3 Å². The standard InChI is InChI=1S/C32H36Br2O7/c1-5-26(38)40-17-25(37)32(41-28(39)19-9-7-6-8-10-19)18(2)13-22-27-23(33)15-20-14-21(35)11-12-29(20,3)31(27,34)24(36)16-30(22,32)4/h6-12,14,18,22-24,27,36H,5,13,15-17H2,1-4H3/t18-,22+,23-,24+,27-,29+,30+,31-,32-/m1/s1. The fraction of sp³-hybridized carbons (Fsp3) is 0.562. The molecule has 4 aliphatic carbocycles. The van der Waals surface area contributed by atoms with Gasteiger partial charge in [-0.2, -0.15) is 0 Å². The summed E-state index contributed by atoms with van der Waals surface area (Å²) in [6.45, 7) is 7.01. The van der Waals surface area contributed by atoms with Gasteiger partial charge in [-0.1, -0.05) is 89.4 Å². The minimum absolute atomic E-state index is 0.0737. The van der Waals surface area contributed by atoms with Gasteiger partial charge in [-0.15, -0.1) is 0 Å². The molecule has 41 heavy (non-hydrogen) atoms. The zero-order valence-electron chi connectivity index (χ0n) is 23.7. The highest BCUT2D eigenvalue weighted by Crippen LogP contribution is 2.73. The van der Waals surface area contributed by atoms with E-state index in [4.69, 9.17) is 9.47 Å². The molecule has 0 heterocycles. The Morgan fingerprint density at radius 1 is 1.15 bits per heavy atom. The summed E-state index contributed by atoms with van der Waals surface area (Å²) in [7, 11) is 0. The molecule has 7 nitrogen and oxygen atoms in total. The van der Waals surface area contributed by atoms with Crippen LogP contribution >= 0.6 is 31.9 Å². The summed E-state index contributed by atoms with van der Waals surface area (Å²) in [6, 6.07) is 8.52. The predicted octanol–water partition coefficient (Wildman–Crippen LogP) is 5.52. The number of halogens is 2. The lowest BCUT2D eigenvalue weighted by Crippen LogP contribution is -2.71. The summed E-state index contributed by atoms with van der Waals surface area (Å²) in [5.41, 5.74) is -2.02. The van der Waals surface area contributed by atoms with E-state index in [-0.39, 0.29) is 35.3 Å². The fourth-order valence-electron chi connectivity index (χ4n) is 8.47. The quantitative estimate of drug-likeness (QED) is 0.309. The first-order valence-electron chi connectivity index (χ1n) is 14.2. The third-order valence-electron chi connectivity index (χ3n) is 10.5. The van der Waals surface area contributed by atoms with Gasteiger partial charge in [0.05, 0.1) is 16.0 Å². The molecule has 3 saturated carbocycles. The van der Waals surface area contributed by atoms with Crippen LogP contribution in [0.5, 0.6) is 0 Å². The molecule has 0 aromatic heterocycles. The molecule has 0 aliphatic heterocycles. The maximum absolute atomic E-state index is 14.3. The molecule has 0 amide bonds. The highest BCUT2D eigenvalue weighted by molar-refractivity contribution is 9.10. The molecule has 220 valence electrons. The van der Waals surface area contributed by atoms with Gasteiger partial charge in [-0.25, -0.2) is 4.79 Å². The molecule has 5 rings (SSSR count). The number of benzene rings is 1. The Balaban J connectivity index is 1.63. The molecule has 0 radical (unpaired) electrons. The maximum Gasteiger partial charge on any atom is 0.339 e. The predicted molar refractivity (Wildman–Crippen MR) is 160 cm³/mol. The molecule has 0 bridgehead atoms. The van der Waals surface area contributed by atoms with Crippen molar-refractivity contribution < 1.29 is 33.8 Å². The number of carbonyl (C=O) groups is 4. The van der Waals surface area contributed by atoms with Gasteiger partial charge in [0, 0.05) is 28.0 Å². The van der Waals surface area contributed by atoms with Crippen molar-refractivity contribution in [1.29, 1.82) is 0 Å². The number of ketones is 2. The highest BCUT2D eigenvalue weighted by Gasteiger charge is 2.77. The zero-order chi connectivity index (χ0) is 30.0. The lowest BCUT2D eigenvalue weighted by Gasteiger charge is -2.65. The Kier molecular flexibility index (Phi) is 7.82. The lowest BCUT2D eigenvalue weighted by molar-refractivity contribution is -0.182. The summed E-state index contributed by atoms with van der Waals surface area (Å²) in [4.78, 5) is 52.1. The lowest BCUT2D eigenvalue weighted by atomic mass is 9.46. The Labute approximate surface area is 257 Å². The van der Waals surface area contributed by atoms with Gasteiger partial charge in [-0.05, 0) is 55.4 Å². The molecule has 0 saturated heterocycles. The summed E-state index contributed by atoms with van der Waals surface area (Å²) in [5, 5.41) is 12.1. The van der Waals surface area contributed by atoms with Crippen LogP contribution in [0.3, 0.4) is 0 Å². The van der Waals surface area contributed by atoms with E-state index in [0.29, 0.717) is 18.4 Å². The number of esters is 2. The Hall–Kier alpha value is -2.10. The molecular formula is C32H36Br2O7. The van der Waals surface area contributed by atoms with Crippen LogP contribution in [-0.4, -0.2) is 56.1 Å². The van der Waals surface area contributed by atoms with Gasteiger partial charge in [0.25, 0.3) is 0 Å². The van der Waals surface area contributed by atoms with Crippen LogP contribution in [0.15, 0.2) is 54.1 Å². The Morgan fingerprint density at radius 2 is 1.83 bits per heavy atom. The second kappa shape index (κ2) is 10.6. The molecule has 9 atom stereocenters. The normalized spacial score (nSPS) is 41.0. The first kappa shape index (κ1) is 30.4. The summed E-state index contributed by atoms with van der Waals surface area (Å²) < 4.78 is 10.8. The smallest absolute Gasteiger partial charge is 0.339 e. The number of aliphatic hydroxyl groups excluding tert-OH is 1. The van der Waals surface area contributed by atoms with E-state index < -0.39 is 57.1 Å². The first-order chi connectivity index (χ1) is 19.3. The van der Waals surface area contributed by atoms with Crippen LogP contribution in [0.25, 0.3) is 0 Å². The van der Waals surface area contributed by atoms with E-state index in [1.807, 2.05) is 26.8 Å².